The lowest BCUT2D eigenvalue weighted by atomic mass is 10.3. The Morgan fingerprint density at radius 1 is 1.60 bits per heavy atom. The number of hydrogen-bond donors (Lipinski definition) is 1. The van der Waals surface area contributed by atoms with E-state index in [0.717, 1.165) is 12.8 Å². The number of nitrogens with two attached hydrogens (primary N) is 1. The van der Waals surface area contributed by atoms with Crippen molar-refractivity contribution in [2.24, 2.45) is 5.73 Å². The summed E-state index contributed by atoms with van der Waals surface area (Å²) in [7, 11) is 1.46. The van der Waals surface area contributed by atoms with E-state index in [1.54, 1.807) is 6.07 Å². The standard InChI is InChI=1S/C10H12N2O3/c1-14-9-7(15-6-2-3-6)4-5-12-8(9)10(11)13/h4-6H,2-3H2,1H3,(H2,11,13). The Morgan fingerprint density at radius 2 is 2.33 bits per heavy atom. The van der Waals surface area contributed by atoms with Crippen molar-refractivity contribution in [3.63, 3.8) is 0 Å². The first-order valence-corrected chi connectivity index (χ1v) is 4.72. The molecule has 0 saturated heterocycles. The van der Waals surface area contributed by atoms with Gasteiger partial charge in [0.05, 0.1) is 13.2 Å². The molecule has 1 amide bonds. The number of rotatable bonds is 4. The van der Waals surface area contributed by atoms with Gasteiger partial charge in [0.2, 0.25) is 0 Å². The van der Waals surface area contributed by atoms with Crippen molar-refractivity contribution in [2.45, 2.75) is 18.9 Å². The Hall–Kier alpha value is -1.78. The number of methoxy groups -OCH3 is 1. The van der Waals surface area contributed by atoms with Crippen LogP contribution in [0.15, 0.2) is 12.3 Å². The minimum atomic E-state index is -0.618. The Morgan fingerprint density at radius 3 is 2.87 bits per heavy atom. The van der Waals surface area contributed by atoms with E-state index in [0.29, 0.717) is 11.5 Å². The van der Waals surface area contributed by atoms with Crippen LogP contribution in [0.2, 0.25) is 0 Å². The summed E-state index contributed by atoms with van der Waals surface area (Å²) in [5.41, 5.74) is 5.28. The van der Waals surface area contributed by atoms with Crippen molar-refractivity contribution >= 4 is 5.91 Å². The SMILES string of the molecule is COc1c(OC2CC2)ccnc1C(N)=O. The van der Waals surface area contributed by atoms with Gasteiger partial charge in [0.15, 0.2) is 17.2 Å². The number of pyridine rings is 1. The number of amides is 1. The van der Waals surface area contributed by atoms with Gasteiger partial charge in [-0.05, 0) is 12.8 Å². The van der Waals surface area contributed by atoms with Gasteiger partial charge in [0.25, 0.3) is 5.91 Å². The molecule has 1 fully saturated rings. The van der Waals surface area contributed by atoms with E-state index < -0.39 is 5.91 Å². The molecule has 0 radical (unpaired) electrons. The van der Waals surface area contributed by atoms with Gasteiger partial charge in [-0.1, -0.05) is 0 Å². The third-order valence-corrected chi connectivity index (χ3v) is 2.12. The van der Waals surface area contributed by atoms with Gasteiger partial charge in [-0.25, -0.2) is 4.98 Å². The second-order valence-corrected chi connectivity index (χ2v) is 3.37. The molecule has 2 N–H and O–H groups in total. The molecule has 1 aromatic heterocycles. The highest BCUT2D eigenvalue weighted by Gasteiger charge is 2.26. The molecular weight excluding hydrogens is 196 g/mol. The van der Waals surface area contributed by atoms with Crippen LogP contribution in [0.5, 0.6) is 11.5 Å². The van der Waals surface area contributed by atoms with Crippen molar-refractivity contribution in [3.05, 3.63) is 18.0 Å². The van der Waals surface area contributed by atoms with Gasteiger partial charge < -0.3 is 15.2 Å². The predicted molar refractivity (Wildman–Crippen MR) is 53.0 cm³/mol. The van der Waals surface area contributed by atoms with E-state index in [-0.39, 0.29) is 11.8 Å². The van der Waals surface area contributed by atoms with Crippen LogP contribution in [0.1, 0.15) is 23.3 Å². The molecule has 0 atom stereocenters. The molecule has 0 bridgehead atoms. The first-order chi connectivity index (χ1) is 7.22. The number of hydrogen-bond acceptors (Lipinski definition) is 4. The quantitative estimate of drug-likeness (QED) is 0.791. The van der Waals surface area contributed by atoms with Gasteiger partial charge in [-0.3, -0.25) is 4.79 Å². The van der Waals surface area contributed by atoms with Crippen molar-refractivity contribution in [2.75, 3.05) is 7.11 Å². The number of nitrogens with zero attached hydrogens (tertiary/aromatic N) is 1. The summed E-state index contributed by atoms with van der Waals surface area (Å²) in [4.78, 5) is 14.9. The third kappa shape index (κ3) is 2.01. The molecule has 1 heterocycles. The van der Waals surface area contributed by atoms with Gasteiger partial charge in [-0.15, -0.1) is 0 Å². The maximum Gasteiger partial charge on any atom is 0.271 e. The van der Waals surface area contributed by atoms with E-state index in [4.69, 9.17) is 15.2 Å². The van der Waals surface area contributed by atoms with Crippen molar-refractivity contribution in [1.29, 1.82) is 0 Å². The largest absolute Gasteiger partial charge is 0.491 e. The number of ether oxygens (including phenoxy) is 2. The molecule has 1 saturated carbocycles. The topological polar surface area (TPSA) is 74.4 Å². The normalized spacial score (nSPS) is 14.7. The lowest BCUT2D eigenvalue weighted by Crippen LogP contribution is -2.15. The lowest BCUT2D eigenvalue weighted by molar-refractivity contribution is 0.0991. The fourth-order valence-corrected chi connectivity index (χ4v) is 1.26. The maximum atomic E-state index is 11.1. The van der Waals surface area contributed by atoms with Crippen LogP contribution in [-0.4, -0.2) is 24.1 Å². The van der Waals surface area contributed by atoms with Gasteiger partial charge in [0, 0.05) is 12.3 Å². The summed E-state index contributed by atoms with van der Waals surface area (Å²) in [5.74, 6) is 0.230. The molecule has 5 heteroatoms. The first kappa shape index (κ1) is 9.76. The Bertz CT molecular complexity index is 388. The minimum absolute atomic E-state index is 0.107. The van der Waals surface area contributed by atoms with Crippen LogP contribution in [0.3, 0.4) is 0 Å². The van der Waals surface area contributed by atoms with Crippen LogP contribution >= 0.6 is 0 Å². The monoisotopic (exact) mass is 208 g/mol. The van der Waals surface area contributed by atoms with Crippen molar-refractivity contribution in [1.82, 2.24) is 4.98 Å². The molecular formula is C10H12N2O3. The zero-order chi connectivity index (χ0) is 10.8. The highest BCUT2D eigenvalue weighted by Crippen LogP contribution is 2.34. The van der Waals surface area contributed by atoms with Gasteiger partial charge >= 0.3 is 0 Å². The van der Waals surface area contributed by atoms with Crippen LogP contribution in [-0.2, 0) is 0 Å². The van der Waals surface area contributed by atoms with Crippen LogP contribution in [0.4, 0.5) is 0 Å². The van der Waals surface area contributed by atoms with Gasteiger partial charge in [-0.2, -0.15) is 0 Å². The summed E-state index contributed by atoms with van der Waals surface area (Å²) in [6.45, 7) is 0. The predicted octanol–water partition coefficient (Wildman–Crippen LogP) is 0.730. The summed E-state index contributed by atoms with van der Waals surface area (Å²) >= 11 is 0. The van der Waals surface area contributed by atoms with E-state index >= 15 is 0 Å². The molecule has 0 unspecified atom stereocenters. The molecule has 1 aromatic rings. The van der Waals surface area contributed by atoms with Gasteiger partial charge in [0.1, 0.15) is 0 Å². The van der Waals surface area contributed by atoms with E-state index in [9.17, 15) is 4.79 Å². The summed E-state index contributed by atoms with van der Waals surface area (Å²) in [6, 6.07) is 1.67. The molecule has 15 heavy (non-hydrogen) atoms. The number of carbonyl (C=O) groups excluding carboxylic acids is 1. The van der Waals surface area contributed by atoms with E-state index in [1.165, 1.54) is 13.3 Å². The van der Waals surface area contributed by atoms with Crippen LogP contribution in [0, 0.1) is 0 Å². The number of carbonyl (C=O) groups is 1. The van der Waals surface area contributed by atoms with E-state index in [1.807, 2.05) is 0 Å². The fraction of sp³-hybridized carbons (Fsp3) is 0.400. The van der Waals surface area contributed by atoms with E-state index in [2.05, 4.69) is 4.98 Å². The third-order valence-electron chi connectivity index (χ3n) is 2.12. The second-order valence-electron chi connectivity index (χ2n) is 3.37. The average molecular weight is 208 g/mol. The van der Waals surface area contributed by atoms with Crippen molar-refractivity contribution in [3.8, 4) is 11.5 Å². The number of aromatic nitrogens is 1. The molecule has 1 aliphatic rings. The highest BCUT2D eigenvalue weighted by atomic mass is 16.5. The molecule has 0 spiro atoms. The summed E-state index contributed by atoms with van der Waals surface area (Å²) in [5, 5.41) is 0. The Kier molecular flexibility index (Phi) is 2.45. The Balaban J connectivity index is 2.34. The fourth-order valence-electron chi connectivity index (χ4n) is 1.26. The minimum Gasteiger partial charge on any atom is -0.491 e. The molecule has 80 valence electrons. The molecule has 1 aliphatic carbocycles. The zero-order valence-electron chi connectivity index (χ0n) is 8.40. The Labute approximate surface area is 87.2 Å². The van der Waals surface area contributed by atoms with Crippen molar-refractivity contribution < 1.29 is 14.3 Å². The zero-order valence-corrected chi connectivity index (χ0v) is 8.40. The average Bonchev–Trinajstić information content (AvgIpc) is 3.01. The summed E-state index contributed by atoms with van der Waals surface area (Å²) < 4.78 is 10.6. The maximum absolute atomic E-state index is 11.1. The molecule has 5 nitrogen and oxygen atoms in total. The second kappa shape index (κ2) is 3.76. The molecule has 2 rings (SSSR count). The number of primary amides is 1. The van der Waals surface area contributed by atoms with Crippen LogP contribution < -0.4 is 15.2 Å². The molecule has 0 aromatic carbocycles. The smallest absolute Gasteiger partial charge is 0.271 e. The molecule has 0 aliphatic heterocycles. The lowest BCUT2D eigenvalue weighted by Gasteiger charge is -2.11. The first-order valence-electron chi connectivity index (χ1n) is 4.72. The van der Waals surface area contributed by atoms with Crippen LogP contribution in [0.25, 0.3) is 0 Å². The summed E-state index contributed by atoms with van der Waals surface area (Å²) in [6.07, 6.45) is 3.80. The highest BCUT2D eigenvalue weighted by molar-refractivity contribution is 5.94.